The van der Waals surface area contributed by atoms with E-state index < -0.39 is 18.5 Å². The molecule has 1 N–H and O–H groups in total. The Morgan fingerprint density at radius 3 is 2.38 bits per heavy atom. The van der Waals surface area contributed by atoms with Gasteiger partial charge in [-0.25, -0.2) is 9.78 Å². The molecule has 0 saturated heterocycles. The SMILES string of the molecule is CCN(CC)c1ccc(C(=O)OCC(=O)Nc2ncc(Cl)cc2Cl)cc1. The number of amides is 1. The van der Waals surface area contributed by atoms with E-state index in [1.54, 1.807) is 12.1 Å². The summed E-state index contributed by atoms with van der Waals surface area (Å²) in [5.74, 6) is -0.975. The molecule has 0 saturated carbocycles. The molecule has 0 radical (unpaired) electrons. The topological polar surface area (TPSA) is 71.5 Å². The maximum Gasteiger partial charge on any atom is 0.338 e. The maximum absolute atomic E-state index is 12.1. The van der Waals surface area contributed by atoms with Crippen LogP contribution in [0.15, 0.2) is 36.5 Å². The molecule has 26 heavy (non-hydrogen) atoms. The normalized spacial score (nSPS) is 10.3. The van der Waals surface area contributed by atoms with E-state index in [0.29, 0.717) is 10.6 Å². The summed E-state index contributed by atoms with van der Waals surface area (Å²) in [5.41, 5.74) is 1.39. The molecule has 8 heteroatoms. The Kier molecular flexibility index (Phi) is 7.24. The van der Waals surface area contributed by atoms with E-state index in [1.165, 1.54) is 12.3 Å². The van der Waals surface area contributed by atoms with Gasteiger partial charge in [0.1, 0.15) is 0 Å². The number of rotatable bonds is 7. The average Bonchev–Trinajstić information content (AvgIpc) is 2.63. The Balaban J connectivity index is 1.90. The molecule has 2 aromatic rings. The lowest BCUT2D eigenvalue weighted by atomic mass is 10.2. The first-order valence-electron chi connectivity index (χ1n) is 8.07. The van der Waals surface area contributed by atoms with Gasteiger partial charge in [0, 0.05) is 25.0 Å². The Morgan fingerprint density at radius 1 is 1.15 bits per heavy atom. The molecule has 0 spiro atoms. The van der Waals surface area contributed by atoms with Gasteiger partial charge in [-0.2, -0.15) is 0 Å². The van der Waals surface area contributed by atoms with E-state index in [4.69, 9.17) is 27.9 Å². The number of pyridine rings is 1. The largest absolute Gasteiger partial charge is 0.452 e. The van der Waals surface area contributed by atoms with Gasteiger partial charge in [0.25, 0.3) is 5.91 Å². The van der Waals surface area contributed by atoms with E-state index in [0.717, 1.165) is 18.8 Å². The number of benzene rings is 1. The van der Waals surface area contributed by atoms with Crippen LogP contribution in [0.25, 0.3) is 0 Å². The smallest absolute Gasteiger partial charge is 0.338 e. The van der Waals surface area contributed by atoms with Crippen molar-refractivity contribution in [2.45, 2.75) is 13.8 Å². The molecular weight excluding hydrogens is 377 g/mol. The van der Waals surface area contributed by atoms with Crippen LogP contribution in [0.4, 0.5) is 11.5 Å². The fraction of sp³-hybridized carbons (Fsp3) is 0.278. The Hall–Kier alpha value is -2.31. The average molecular weight is 396 g/mol. The third kappa shape index (κ3) is 5.34. The minimum atomic E-state index is -0.582. The summed E-state index contributed by atoms with van der Waals surface area (Å²) in [6.07, 6.45) is 1.35. The Morgan fingerprint density at radius 2 is 1.81 bits per heavy atom. The van der Waals surface area contributed by atoms with Crippen LogP contribution in [0.1, 0.15) is 24.2 Å². The van der Waals surface area contributed by atoms with Gasteiger partial charge in [0.15, 0.2) is 12.4 Å². The summed E-state index contributed by atoms with van der Waals surface area (Å²) in [6.45, 7) is 5.43. The molecular formula is C18H19Cl2N3O3. The zero-order valence-electron chi connectivity index (χ0n) is 14.5. The number of aromatic nitrogens is 1. The number of nitrogens with one attached hydrogen (secondary N) is 1. The lowest BCUT2D eigenvalue weighted by Gasteiger charge is -2.20. The van der Waals surface area contributed by atoms with Crippen LogP contribution in [-0.4, -0.2) is 36.6 Å². The Bertz CT molecular complexity index is 778. The molecule has 0 atom stereocenters. The van der Waals surface area contributed by atoms with Crippen molar-refractivity contribution in [2.75, 3.05) is 29.9 Å². The summed E-state index contributed by atoms with van der Waals surface area (Å²) in [5, 5.41) is 3.01. The summed E-state index contributed by atoms with van der Waals surface area (Å²) in [7, 11) is 0. The van der Waals surface area contributed by atoms with Crippen LogP contribution in [-0.2, 0) is 9.53 Å². The highest BCUT2D eigenvalue weighted by Gasteiger charge is 2.13. The highest BCUT2D eigenvalue weighted by molar-refractivity contribution is 6.36. The van der Waals surface area contributed by atoms with Gasteiger partial charge in [-0.1, -0.05) is 23.2 Å². The Labute approximate surface area is 162 Å². The van der Waals surface area contributed by atoms with Crippen molar-refractivity contribution in [2.24, 2.45) is 0 Å². The first kappa shape index (κ1) is 20.0. The zero-order valence-corrected chi connectivity index (χ0v) is 16.0. The predicted octanol–water partition coefficient (Wildman–Crippen LogP) is 4.03. The molecule has 0 aliphatic carbocycles. The second kappa shape index (κ2) is 9.40. The van der Waals surface area contributed by atoms with Crippen LogP contribution < -0.4 is 10.2 Å². The van der Waals surface area contributed by atoms with Gasteiger partial charge >= 0.3 is 5.97 Å². The lowest BCUT2D eigenvalue weighted by Crippen LogP contribution is -2.22. The summed E-state index contributed by atoms with van der Waals surface area (Å²) in [6, 6.07) is 8.49. The van der Waals surface area contributed by atoms with E-state index >= 15 is 0 Å². The number of carbonyl (C=O) groups is 2. The van der Waals surface area contributed by atoms with Gasteiger partial charge in [0.2, 0.25) is 0 Å². The molecule has 0 fully saturated rings. The second-order valence-electron chi connectivity index (χ2n) is 5.33. The highest BCUT2D eigenvalue weighted by atomic mass is 35.5. The summed E-state index contributed by atoms with van der Waals surface area (Å²) < 4.78 is 5.02. The molecule has 0 unspecified atom stereocenters. The van der Waals surface area contributed by atoms with Crippen LogP contribution in [0.2, 0.25) is 10.0 Å². The minimum Gasteiger partial charge on any atom is -0.452 e. The molecule has 2 rings (SSSR count). The fourth-order valence-corrected chi connectivity index (χ4v) is 2.71. The number of hydrogen-bond acceptors (Lipinski definition) is 5. The number of carbonyl (C=O) groups excluding carboxylic acids is 2. The number of ether oxygens (including phenoxy) is 1. The third-order valence-electron chi connectivity index (χ3n) is 3.63. The first-order valence-corrected chi connectivity index (χ1v) is 8.83. The van der Waals surface area contributed by atoms with Crippen molar-refractivity contribution in [1.82, 2.24) is 4.98 Å². The van der Waals surface area contributed by atoms with Gasteiger partial charge in [-0.3, -0.25) is 4.79 Å². The minimum absolute atomic E-state index is 0.153. The van der Waals surface area contributed by atoms with Crippen molar-refractivity contribution in [3.05, 3.63) is 52.1 Å². The van der Waals surface area contributed by atoms with Crippen molar-refractivity contribution in [1.29, 1.82) is 0 Å². The summed E-state index contributed by atoms with van der Waals surface area (Å²) >= 11 is 11.7. The maximum atomic E-state index is 12.1. The molecule has 1 heterocycles. The predicted molar refractivity (Wildman–Crippen MR) is 103 cm³/mol. The number of nitrogens with zero attached hydrogens (tertiary/aromatic N) is 2. The molecule has 0 aliphatic heterocycles. The van der Waals surface area contributed by atoms with Gasteiger partial charge in [-0.05, 0) is 44.2 Å². The fourth-order valence-electron chi connectivity index (χ4n) is 2.29. The quantitative estimate of drug-likeness (QED) is 0.716. The molecule has 1 amide bonds. The number of halogens is 2. The van der Waals surface area contributed by atoms with Crippen molar-refractivity contribution < 1.29 is 14.3 Å². The van der Waals surface area contributed by atoms with Crippen molar-refractivity contribution in [3.8, 4) is 0 Å². The number of esters is 1. The van der Waals surface area contributed by atoms with Crippen molar-refractivity contribution in [3.63, 3.8) is 0 Å². The van der Waals surface area contributed by atoms with Crippen LogP contribution in [0, 0.1) is 0 Å². The number of hydrogen-bond donors (Lipinski definition) is 1. The van der Waals surface area contributed by atoms with Crippen LogP contribution in [0.3, 0.4) is 0 Å². The molecule has 0 bridgehead atoms. The molecule has 0 aliphatic rings. The highest BCUT2D eigenvalue weighted by Crippen LogP contribution is 2.22. The third-order valence-corrected chi connectivity index (χ3v) is 4.13. The van der Waals surface area contributed by atoms with Crippen LogP contribution >= 0.6 is 23.2 Å². The van der Waals surface area contributed by atoms with E-state index in [-0.39, 0.29) is 10.8 Å². The van der Waals surface area contributed by atoms with E-state index in [1.807, 2.05) is 12.1 Å². The molecule has 1 aromatic carbocycles. The zero-order chi connectivity index (χ0) is 19.1. The standard InChI is InChI=1S/C18H19Cl2N3O3/c1-3-23(4-2)14-7-5-12(6-8-14)18(25)26-11-16(24)22-17-15(20)9-13(19)10-21-17/h5-10H,3-4,11H2,1-2H3,(H,21,22,24). The molecule has 1 aromatic heterocycles. The van der Waals surface area contributed by atoms with E-state index in [9.17, 15) is 9.59 Å². The van der Waals surface area contributed by atoms with Gasteiger partial charge < -0.3 is 15.0 Å². The van der Waals surface area contributed by atoms with E-state index in [2.05, 4.69) is 29.0 Å². The van der Waals surface area contributed by atoms with Gasteiger partial charge in [-0.15, -0.1) is 0 Å². The molecule has 6 nitrogen and oxygen atoms in total. The first-order chi connectivity index (χ1) is 12.4. The van der Waals surface area contributed by atoms with Gasteiger partial charge in [0.05, 0.1) is 15.6 Å². The summed E-state index contributed by atoms with van der Waals surface area (Å²) in [4.78, 5) is 30.0. The number of anilines is 2. The van der Waals surface area contributed by atoms with Crippen LogP contribution in [0.5, 0.6) is 0 Å². The van der Waals surface area contributed by atoms with Crippen molar-refractivity contribution >= 4 is 46.6 Å². The molecule has 138 valence electrons. The second-order valence-corrected chi connectivity index (χ2v) is 6.17. The monoisotopic (exact) mass is 395 g/mol. The lowest BCUT2D eigenvalue weighted by molar-refractivity contribution is -0.119.